The number of hydrogen-bond donors (Lipinski definition) is 2. The van der Waals surface area contributed by atoms with Gasteiger partial charge in [0, 0.05) is 23.8 Å². The van der Waals surface area contributed by atoms with Crippen molar-refractivity contribution < 1.29 is 0 Å². The maximum Gasteiger partial charge on any atom is 0.224 e. The Balaban J connectivity index is 2.89. The quantitative estimate of drug-likeness (QED) is 0.804. The molecule has 4 heteroatoms. The van der Waals surface area contributed by atoms with Gasteiger partial charge in [-0.05, 0) is 34.1 Å². The average molecular weight is 222 g/mol. The molecule has 4 nitrogen and oxygen atoms in total. The Morgan fingerprint density at radius 2 is 2.00 bits per heavy atom. The number of aromatic nitrogens is 2. The van der Waals surface area contributed by atoms with Crippen molar-refractivity contribution in [3.63, 3.8) is 0 Å². The Hall–Kier alpha value is -1.32. The highest BCUT2D eigenvalue weighted by Gasteiger charge is 2.16. The maximum absolute atomic E-state index is 4.46. The number of nitrogens with one attached hydrogen (secondary N) is 2. The van der Waals surface area contributed by atoms with Crippen LogP contribution in [0.5, 0.6) is 0 Å². The van der Waals surface area contributed by atoms with Crippen molar-refractivity contribution in [2.75, 3.05) is 17.2 Å². The number of hydrogen-bond acceptors (Lipinski definition) is 4. The lowest BCUT2D eigenvalue weighted by molar-refractivity contribution is 0.544. The van der Waals surface area contributed by atoms with Crippen LogP contribution in [0.15, 0.2) is 6.20 Å². The fraction of sp³-hybridized carbons (Fsp3) is 0.667. The van der Waals surface area contributed by atoms with Crippen molar-refractivity contribution in [2.24, 2.45) is 0 Å². The smallest absolute Gasteiger partial charge is 0.224 e. The van der Waals surface area contributed by atoms with Gasteiger partial charge in [0.15, 0.2) is 0 Å². The Kier molecular flexibility index (Phi) is 4.10. The van der Waals surface area contributed by atoms with Crippen LogP contribution in [0.1, 0.15) is 39.7 Å². The molecule has 16 heavy (non-hydrogen) atoms. The van der Waals surface area contributed by atoms with E-state index in [1.54, 1.807) is 0 Å². The first-order valence-electron chi connectivity index (χ1n) is 5.84. The number of anilines is 2. The van der Waals surface area contributed by atoms with Gasteiger partial charge < -0.3 is 10.6 Å². The molecule has 0 bridgehead atoms. The van der Waals surface area contributed by atoms with E-state index in [0.717, 1.165) is 24.3 Å². The van der Waals surface area contributed by atoms with Crippen LogP contribution in [0.25, 0.3) is 0 Å². The van der Waals surface area contributed by atoms with Crippen molar-refractivity contribution in [3.05, 3.63) is 11.8 Å². The predicted octanol–water partition coefficient (Wildman–Crippen LogP) is 2.82. The molecule has 0 saturated heterocycles. The van der Waals surface area contributed by atoms with Gasteiger partial charge in [0.1, 0.15) is 5.82 Å². The van der Waals surface area contributed by atoms with Crippen LogP contribution in [-0.2, 0) is 0 Å². The van der Waals surface area contributed by atoms with Crippen LogP contribution in [0.2, 0.25) is 0 Å². The molecule has 0 atom stereocenters. The Morgan fingerprint density at radius 1 is 1.31 bits per heavy atom. The van der Waals surface area contributed by atoms with E-state index in [9.17, 15) is 0 Å². The minimum atomic E-state index is 0.0581. The van der Waals surface area contributed by atoms with Crippen molar-refractivity contribution in [1.82, 2.24) is 9.97 Å². The highest BCUT2D eigenvalue weighted by atomic mass is 15.2. The Bertz CT molecular complexity index is 347. The van der Waals surface area contributed by atoms with Gasteiger partial charge in [-0.3, -0.25) is 0 Å². The van der Waals surface area contributed by atoms with Crippen molar-refractivity contribution in [2.45, 2.75) is 46.6 Å². The third-order valence-corrected chi connectivity index (χ3v) is 2.65. The van der Waals surface area contributed by atoms with Gasteiger partial charge in [-0.15, -0.1) is 0 Å². The first-order chi connectivity index (χ1) is 7.48. The molecule has 0 radical (unpaired) electrons. The molecule has 0 aliphatic heterocycles. The van der Waals surface area contributed by atoms with Crippen LogP contribution in [0.4, 0.5) is 11.8 Å². The minimum absolute atomic E-state index is 0.0581. The Morgan fingerprint density at radius 3 is 2.56 bits per heavy atom. The highest BCUT2D eigenvalue weighted by Crippen LogP contribution is 2.19. The van der Waals surface area contributed by atoms with Crippen molar-refractivity contribution in [1.29, 1.82) is 0 Å². The molecule has 2 N–H and O–H groups in total. The third-order valence-electron chi connectivity index (χ3n) is 2.65. The second-order valence-electron chi connectivity index (χ2n) is 4.62. The van der Waals surface area contributed by atoms with Gasteiger partial charge in [-0.1, -0.05) is 6.92 Å². The summed E-state index contributed by atoms with van der Waals surface area (Å²) in [6, 6.07) is 0. The summed E-state index contributed by atoms with van der Waals surface area (Å²) in [5.41, 5.74) is 1.13. The summed E-state index contributed by atoms with van der Waals surface area (Å²) in [4.78, 5) is 8.68. The van der Waals surface area contributed by atoms with Crippen molar-refractivity contribution >= 4 is 11.8 Å². The summed E-state index contributed by atoms with van der Waals surface area (Å²) in [5.74, 6) is 1.60. The molecule has 0 aliphatic carbocycles. The zero-order chi connectivity index (χ0) is 12.2. The monoisotopic (exact) mass is 222 g/mol. The largest absolute Gasteiger partial charge is 0.365 e. The van der Waals surface area contributed by atoms with Crippen LogP contribution in [-0.4, -0.2) is 22.1 Å². The lowest BCUT2D eigenvalue weighted by Crippen LogP contribution is -2.30. The fourth-order valence-corrected chi connectivity index (χ4v) is 1.22. The average Bonchev–Trinajstić information content (AvgIpc) is 2.23. The molecule has 0 saturated carbocycles. The molecule has 0 spiro atoms. The van der Waals surface area contributed by atoms with Crippen LogP contribution < -0.4 is 10.6 Å². The van der Waals surface area contributed by atoms with Gasteiger partial charge in [0.05, 0.1) is 0 Å². The summed E-state index contributed by atoms with van der Waals surface area (Å²) in [5, 5.41) is 6.56. The zero-order valence-electron chi connectivity index (χ0n) is 10.9. The number of nitrogens with zero attached hydrogens (tertiary/aromatic N) is 2. The van der Waals surface area contributed by atoms with E-state index in [4.69, 9.17) is 0 Å². The normalized spacial score (nSPS) is 11.3. The maximum atomic E-state index is 4.46. The second-order valence-corrected chi connectivity index (χ2v) is 4.62. The molecule has 0 unspecified atom stereocenters. The number of aryl methyl sites for hydroxylation is 1. The number of rotatable bonds is 5. The lowest BCUT2D eigenvalue weighted by Gasteiger charge is -2.26. The summed E-state index contributed by atoms with van der Waals surface area (Å²) < 4.78 is 0. The van der Waals surface area contributed by atoms with Gasteiger partial charge >= 0.3 is 0 Å². The molecule has 90 valence electrons. The first-order valence-corrected chi connectivity index (χ1v) is 5.84. The van der Waals surface area contributed by atoms with Crippen LogP contribution in [0.3, 0.4) is 0 Å². The zero-order valence-corrected chi connectivity index (χ0v) is 10.9. The van der Waals surface area contributed by atoms with E-state index in [1.165, 1.54) is 0 Å². The molecule has 1 aromatic heterocycles. The summed E-state index contributed by atoms with van der Waals surface area (Å²) in [6.07, 6.45) is 2.89. The van der Waals surface area contributed by atoms with E-state index >= 15 is 0 Å². The van der Waals surface area contributed by atoms with E-state index < -0.39 is 0 Å². The molecule has 0 aromatic carbocycles. The highest BCUT2D eigenvalue weighted by molar-refractivity contribution is 5.47. The third kappa shape index (κ3) is 3.36. The van der Waals surface area contributed by atoms with Gasteiger partial charge in [-0.2, -0.15) is 4.98 Å². The molecule has 0 aliphatic rings. The molecule has 1 heterocycles. The van der Waals surface area contributed by atoms with Crippen molar-refractivity contribution in [3.8, 4) is 0 Å². The molecule has 1 aromatic rings. The lowest BCUT2D eigenvalue weighted by atomic mass is 10.0. The van der Waals surface area contributed by atoms with E-state index in [1.807, 2.05) is 20.0 Å². The van der Waals surface area contributed by atoms with Crippen LogP contribution in [0, 0.1) is 6.92 Å². The molecule has 1 rings (SSSR count). The van der Waals surface area contributed by atoms with Gasteiger partial charge in [0.25, 0.3) is 0 Å². The van der Waals surface area contributed by atoms with E-state index in [-0.39, 0.29) is 5.54 Å². The molecule has 0 amide bonds. The van der Waals surface area contributed by atoms with E-state index in [2.05, 4.69) is 41.4 Å². The first kappa shape index (κ1) is 12.7. The summed E-state index contributed by atoms with van der Waals surface area (Å²) in [7, 11) is 0. The Labute approximate surface area is 97.9 Å². The predicted molar refractivity (Wildman–Crippen MR) is 68.9 cm³/mol. The van der Waals surface area contributed by atoms with Gasteiger partial charge in [-0.25, -0.2) is 4.98 Å². The standard InChI is InChI=1S/C12H22N4/c1-6-12(4,5)16-10-9(3)8-14-11(15-10)13-7-2/h8H,6-7H2,1-5H3,(H2,13,14,15,16). The molecule has 0 fully saturated rings. The second kappa shape index (κ2) is 5.14. The van der Waals surface area contributed by atoms with E-state index in [0.29, 0.717) is 5.95 Å². The van der Waals surface area contributed by atoms with Gasteiger partial charge in [0.2, 0.25) is 5.95 Å². The summed E-state index contributed by atoms with van der Waals surface area (Å²) >= 11 is 0. The SMILES string of the molecule is CCNc1ncc(C)c(NC(C)(C)CC)n1. The topological polar surface area (TPSA) is 49.8 Å². The molecular weight excluding hydrogens is 200 g/mol. The van der Waals surface area contributed by atoms with Crippen LogP contribution >= 0.6 is 0 Å². The fourth-order valence-electron chi connectivity index (χ4n) is 1.22. The minimum Gasteiger partial charge on any atom is -0.365 e. The summed E-state index contributed by atoms with van der Waals surface area (Å²) in [6.45, 7) is 11.4. The molecular formula is C12H22N4.